The first-order valence-electron chi connectivity index (χ1n) is 11.5. The molecule has 8 nitrogen and oxygen atoms in total. The van der Waals surface area contributed by atoms with Crippen molar-refractivity contribution in [3.8, 4) is 17.1 Å². The van der Waals surface area contributed by atoms with E-state index in [9.17, 15) is 4.39 Å². The van der Waals surface area contributed by atoms with E-state index in [0.717, 1.165) is 33.8 Å². The number of hydrogen-bond donors (Lipinski definition) is 1. The fraction of sp³-hybridized carbons (Fsp3) is 0.222. The maximum absolute atomic E-state index is 14.4. The summed E-state index contributed by atoms with van der Waals surface area (Å²) in [4.78, 5) is 23.2. The summed E-state index contributed by atoms with van der Waals surface area (Å²) in [5, 5.41) is 4.49. The molecule has 36 heavy (non-hydrogen) atoms. The molecule has 4 aromatic rings. The van der Waals surface area contributed by atoms with Gasteiger partial charge in [-0.25, -0.2) is 19.3 Å². The predicted molar refractivity (Wildman–Crippen MR) is 134 cm³/mol. The number of hydrogen-bond acceptors (Lipinski definition) is 8. The van der Waals surface area contributed by atoms with E-state index in [0.29, 0.717) is 30.0 Å². The van der Waals surface area contributed by atoms with Gasteiger partial charge < -0.3 is 15.3 Å². The third-order valence-corrected chi connectivity index (χ3v) is 6.14. The Bertz CT molecular complexity index is 1430. The van der Waals surface area contributed by atoms with Crippen LogP contribution in [0.1, 0.15) is 40.4 Å². The Kier molecular flexibility index (Phi) is 6.53. The lowest BCUT2D eigenvalue weighted by Gasteiger charge is -2.27. The molecule has 3 aromatic heterocycles. The number of fused-ring (bicyclic) bond motifs is 1. The van der Waals surface area contributed by atoms with Gasteiger partial charge in [0.05, 0.1) is 29.9 Å². The smallest absolute Gasteiger partial charge is 0.220 e. The Morgan fingerprint density at radius 1 is 1.08 bits per heavy atom. The second-order valence-corrected chi connectivity index (χ2v) is 8.56. The van der Waals surface area contributed by atoms with Crippen molar-refractivity contribution in [2.45, 2.75) is 32.3 Å². The largest absolute Gasteiger partial charge is 0.481 e. The lowest BCUT2D eigenvalue weighted by molar-refractivity contribution is 0.129. The Hall–Kier alpha value is -4.40. The molecule has 2 N–H and O–H groups in total. The topological polar surface area (TPSA) is 108 Å². The molecule has 1 atom stereocenters. The molecule has 0 fully saturated rings. The van der Waals surface area contributed by atoms with Gasteiger partial charge in [-0.3, -0.25) is 4.98 Å². The second-order valence-electron chi connectivity index (χ2n) is 8.56. The molecule has 9 heteroatoms. The number of pyridine rings is 2. The fourth-order valence-electron chi connectivity index (χ4n) is 4.58. The van der Waals surface area contributed by atoms with Crippen LogP contribution in [0.3, 0.4) is 0 Å². The molecule has 1 aliphatic rings. The Balaban J connectivity index is 1.54. The SMILES string of the molecule is COc1cccc(-c2cc(F)ccc2C2CC(=NOCc3cccnc3)c3c(C)nc(N)nc3C2)n1. The van der Waals surface area contributed by atoms with Crippen molar-refractivity contribution in [1.29, 1.82) is 0 Å². The maximum Gasteiger partial charge on any atom is 0.220 e. The van der Waals surface area contributed by atoms with Crippen molar-refractivity contribution in [3.63, 3.8) is 0 Å². The normalized spacial score (nSPS) is 16.0. The molecule has 0 radical (unpaired) electrons. The van der Waals surface area contributed by atoms with Gasteiger partial charge in [-0.15, -0.1) is 0 Å². The van der Waals surface area contributed by atoms with Crippen molar-refractivity contribution < 1.29 is 14.0 Å². The highest BCUT2D eigenvalue weighted by Gasteiger charge is 2.31. The first-order chi connectivity index (χ1) is 17.5. The Morgan fingerprint density at radius 2 is 1.97 bits per heavy atom. The number of halogens is 1. The lowest BCUT2D eigenvalue weighted by Crippen LogP contribution is -2.24. The first-order valence-corrected chi connectivity index (χ1v) is 11.5. The molecule has 1 aliphatic carbocycles. The van der Waals surface area contributed by atoms with Crippen LogP contribution in [-0.4, -0.2) is 32.8 Å². The van der Waals surface area contributed by atoms with Gasteiger partial charge in [-0.2, -0.15) is 0 Å². The van der Waals surface area contributed by atoms with E-state index < -0.39 is 0 Å². The van der Waals surface area contributed by atoms with Gasteiger partial charge in [0.1, 0.15) is 12.4 Å². The van der Waals surface area contributed by atoms with Crippen LogP contribution in [0.4, 0.5) is 10.3 Å². The summed E-state index contributed by atoms with van der Waals surface area (Å²) >= 11 is 0. The van der Waals surface area contributed by atoms with E-state index in [4.69, 9.17) is 15.3 Å². The van der Waals surface area contributed by atoms with E-state index in [1.807, 2.05) is 31.2 Å². The van der Waals surface area contributed by atoms with Crippen LogP contribution in [0.5, 0.6) is 5.88 Å². The molecule has 182 valence electrons. The molecular formula is C27H25FN6O2. The summed E-state index contributed by atoms with van der Waals surface area (Å²) in [6, 6.07) is 14.0. The number of ether oxygens (including phenoxy) is 1. The molecule has 5 rings (SSSR count). The molecule has 0 saturated carbocycles. The summed E-state index contributed by atoms with van der Waals surface area (Å²) in [5.41, 5.74) is 12.2. The number of aryl methyl sites for hydroxylation is 1. The maximum atomic E-state index is 14.4. The molecule has 0 saturated heterocycles. The lowest BCUT2D eigenvalue weighted by atomic mass is 9.79. The number of nitrogen functional groups attached to an aromatic ring is 1. The average molecular weight is 485 g/mol. The van der Waals surface area contributed by atoms with Gasteiger partial charge >= 0.3 is 0 Å². The third-order valence-electron chi connectivity index (χ3n) is 6.14. The summed E-state index contributed by atoms with van der Waals surface area (Å²) in [5.74, 6) is 0.261. The molecule has 3 heterocycles. The van der Waals surface area contributed by atoms with E-state index in [-0.39, 0.29) is 24.3 Å². The Labute approximate surface area is 208 Å². The number of benzene rings is 1. The highest BCUT2D eigenvalue weighted by Crippen LogP contribution is 2.38. The predicted octanol–water partition coefficient (Wildman–Crippen LogP) is 4.62. The number of anilines is 1. The van der Waals surface area contributed by atoms with Crippen molar-refractivity contribution in [1.82, 2.24) is 19.9 Å². The minimum absolute atomic E-state index is 0.0597. The number of methoxy groups -OCH3 is 1. The number of aromatic nitrogens is 4. The van der Waals surface area contributed by atoms with Gasteiger partial charge in [0, 0.05) is 41.6 Å². The zero-order chi connectivity index (χ0) is 25.1. The monoisotopic (exact) mass is 484 g/mol. The summed E-state index contributed by atoms with van der Waals surface area (Å²) < 4.78 is 19.7. The standard InChI is InChI=1S/C27H25FN6O2/c1-16-26-23(33-27(29)31-16)11-18(12-24(26)34-36-15-17-5-4-10-30-14-17)20-9-8-19(28)13-21(20)22-6-3-7-25(32-22)35-2/h3-10,13-14,18H,11-12,15H2,1-2H3,(H2,29,31,33). The van der Waals surface area contributed by atoms with Crippen LogP contribution in [-0.2, 0) is 17.9 Å². The number of nitrogens with zero attached hydrogens (tertiary/aromatic N) is 5. The van der Waals surface area contributed by atoms with Gasteiger partial charge in [0.2, 0.25) is 11.8 Å². The van der Waals surface area contributed by atoms with Crippen molar-refractivity contribution >= 4 is 11.7 Å². The molecule has 0 bridgehead atoms. The summed E-state index contributed by atoms with van der Waals surface area (Å²) in [7, 11) is 1.55. The summed E-state index contributed by atoms with van der Waals surface area (Å²) in [6.07, 6.45) is 4.59. The van der Waals surface area contributed by atoms with Gasteiger partial charge in [-0.1, -0.05) is 23.4 Å². The second kappa shape index (κ2) is 10.1. The van der Waals surface area contributed by atoms with Gasteiger partial charge in [0.25, 0.3) is 0 Å². The van der Waals surface area contributed by atoms with Gasteiger partial charge in [-0.05, 0) is 49.1 Å². The Morgan fingerprint density at radius 3 is 2.78 bits per heavy atom. The number of rotatable bonds is 6. The first kappa shape index (κ1) is 23.3. The molecule has 0 spiro atoms. The van der Waals surface area contributed by atoms with Crippen LogP contribution in [0.2, 0.25) is 0 Å². The number of oxime groups is 1. The van der Waals surface area contributed by atoms with E-state index in [1.165, 1.54) is 12.1 Å². The molecular weight excluding hydrogens is 459 g/mol. The van der Waals surface area contributed by atoms with Crippen molar-refractivity contribution in [2.24, 2.45) is 5.16 Å². The summed E-state index contributed by atoms with van der Waals surface area (Å²) in [6.45, 7) is 2.17. The van der Waals surface area contributed by atoms with Gasteiger partial charge in [0.15, 0.2) is 0 Å². The highest BCUT2D eigenvalue weighted by atomic mass is 19.1. The minimum atomic E-state index is -0.342. The average Bonchev–Trinajstić information content (AvgIpc) is 2.88. The molecule has 0 aliphatic heterocycles. The molecule has 1 unspecified atom stereocenters. The van der Waals surface area contributed by atoms with Crippen molar-refractivity contribution in [3.05, 3.63) is 94.8 Å². The van der Waals surface area contributed by atoms with Crippen LogP contribution in [0.15, 0.2) is 66.1 Å². The van der Waals surface area contributed by atoms with E-state index >= 15 is 0 Å². The highest BCUT2D eigenvalue weighted by molar-refractivity contribution is 6.03. The molecule has 1 aromatic carbocycles. The zero-order valence-corrected chi connectivity index (χ0v) is 20.0. The quantitative estimate of drug-likeness (QED) is 0.398. The fourth-order valence-corrected chi connectivity index (χ4v) is 4.58. The minimum Gasteiger partial charge on any atom is -0.481 e. The van der Waals surface area contributed by atoms with E-state index in [1.54, 1.807) is 31.6 Å². The third kappa shape index (κ3) is 4.86. The van der Waals surface area contributed by atoms with Crippen LogP contribution < -0.4 is 10.5 Å². The number of nitrogens with two attached hydrogens (primary N) is 1. The van der Waals surface area contributed by atoms with Crippen LogP contribution in [0.25, 0.3) is 11.3 Å². The van der Waals surface area contributed by atoms with Crippen LogP contribution in [0, 0.1) is 12.7 Å². The van der Waals surface area contributed by atoms with Crippen molar-refractivity contribution in [2.75, 3.05) is 12.8 Å². The van der Waals surface area contributed by atoms with Crippen LogP contribution >= 0.6 is 0 Å². The zero-order valence-electron chi connectivity index (χ0n) is 20.0. The van der Waals surface area contributed by atoms with E-state index in [2.05, 4.69) is 25.1 Å². The molecule has 0 amide bonds.